The molecule has 86 valence electrons. The van der Waals surface area contributed by atoms with Gasteiger partial charge in [0.2, 0.25) is 5.91 Å². The zero-order valence-electron chi connectivity index (χ0n) is 9.37. The fourth-order valence-electron chi connectivity index (χ4n) is 2.60. The van der Waals surface area contributed by atoms with Crippen molar-refractivity contribution in [1.82, 2.24) is 10.2 Å². The molecule has 0 aromatic rings. The number of carbonyl (C=O) groups excluding carboxylic acids is 1. The van der Waals surface area contributed by atoms with Crippen molar-refractivity contribution in [3.05, 3.63) is 0 Å². The van der Waals surface area contributed by atoms with Crippen LogP contribution in [0.2, 0.25) is 0 Å². The van der Waals surface area contributed by atoms with Gasteiger partial charge in [-0.2, -0.15) is 0 Å². The SMILES string of the molecule is COCCCN1CC2NCCCC2C1=O. The summed E-state index contributed by atoms with van der Waals surface area (Å²) in [6.45, 7) is 3.56. The Hall–Kier alpha value is -0.610. The van der Waals surface area contributed by atoms with Gasteiger partial charge in [-0.25, -0.2) is 0 Å². The van der Waals surface area contributed by atoms with Gasteiger partial charge in [0.1, 0.15) is 0 Å². The number of hydrogen-bond donors (Lipinski definition) is 1. The first-order valence-electron chi connectivity index (χ1n) is 5.84. The summed E-state index contributed by atoms with van der Waals surface area (Å²) < 4.78 is 5.00. The molecule has 2 atom stereocenters. The summed E-state index contributed by atoms with van der Waals surface area (Å²) in [7, 11) is 1.70. The van der Waals surface area contributed by atoms with Gasteiger partial charge in [-0.15, -0.1) is 0 Å². The van der Waals surface area contributed by atoms with Gasteiger partial charge in [0.05, 0.1) is 5.92 Å². The third-order valence-electron chi connectivity index (χ3n) is 3.41. The van der Waals surface area contributed by atoms with E-state index in [1.807, 2.05) is 4.90 Å². The highest BCUT2D eigenvalue weighted by molar-refractivity contribution is 5.82. The van der Waals surface area contributed by atoms with Crippen molar-refractivity contribution in [3.63, 3.8) is 0 Å². The van der Waals surface area contributed by atoms with Gasteiger partial charge in [-0.1, -0.05) is 0 Å². The van der Waals surface area contributed by atoms with E-state index in [2.05, 4.69) is 5.32 Å². The quantitative estimate of drug-likeness (QED) is 0.678. The number of amides is 1. The summed E-state index contributed by atoms with van der Waals surface area (Å²) in [4.78, 5) is 14.0. The van der Waals surface area contributed by atoms with E-state index >= 15 is 0 Å². The number of ether oxygens (including phenoxy) is 1. The summed E-state index contributed by atoms with van der Waals surface area (Å²) in [5, 5.41) is 3.44. The Morgan fingerprint density at radius 1 is 1.60 bits per heavy atom. The van der Waals surface area contributed by atoms with E-state index in [1.54, 1.807) is 7.11 Å². The predicted octanol–water partition coefficient (Wildman–Crippen LogP) is 0.233. The van der Waals surface area contributed by atoms with E-state index in [9.17, 15) is 4.79 Å². The highest BCUT2D eigenvalue weighted by Crippen LogP contribution is 2.26. The topological polar surface area (TPSA) is 41.6 Å². The number of fused-ring (bicyclic) bond motifs is 1. The highest BCUT2D eigenvalue weighted by Gasteiger charge is 2.40. The van der Waals surface area contributed by atoms with Crippen LogP contribution in [0.5, 0.6) is 0 Å². The van der Waals surface area contributed by atoms with Crippen LogP contribution in [0.25, 0.3) is 0 Å². The van der Waals surface area contributed by atoms with Gasteiger partial charge < -0.3 is 15.0 Å². The van der Waals surface area contributed by atoms with Crippen LogP contribution in [0.4, 0.5) is 0 Å². The molecule has 2 aliphatic rings. The molecule has 4 heteroatoms. The van der Waals surface area contributed by atoms with Crippen molar-refractivity contribution in [2.75, 3.05) is 33.4 Å². The molecule has 2 fully saturated rings. The van der Waals surface area contributed by atoms with Crippen LogP contribution in [0.1, 0.15) is 19.3 Å². The molecule has 0 radical (unpaired) electrons. The number of hydrogen-bond acceptors (Lipinski definition) is 3. The van der Waals surface area contributed by atoms with Crippen molar-refractivity contribution in [2.45, 2.75) is 25.3 Å². The average Bonchev–Trinajstić information content (AvgIpc) is 2.57. The summed E-state index contributed by atoms with van der Waals surface area (Å²) in [6, 6.07) is 0.411. The number of nitrogens with zero attached hydrogens (tertiary/aromatic N) is 1. The Morgan fingerprint density at radius 2 is 2.47 bits per heavy atom. The van der Waals surface area contributed by atoms with Crippen LogP contribution in [0.15, 0.2) is 0 Å². The van der Waals surface area contributed by atoms with E-state index in [1.165, 1.54) is 0 Å². The number of piperidine rings is 1. The van der Waals surface area contributed by atoms with Crippen molar-refractivity contribution in [3.8, 4) is 0 Å². The van der Waals surface area contributed by atoms with Crippen LogP contribution in [-0.2, 0) is 9.53 Å². The smallest absolute Gasteiger partial charge is 0.227 e. The second kappa shape index (κ2) is 4.94. The van der Waals surface area contributed by atoms with Crippen LogP contribution in [0, 0.1) is 5.92 Å². The molecule has 1 amide bonds. The van der Waals surface area contributed by atoms with Crippen LogP contribution in [0.3, 0.4) is 0 Å². The zero-order valence-corrected chi connectivity index (χ0v) is 9.37. The van der Waals surface area contributed by atoms with Gasteiger partial charge in [0, 0.05) is 32.8 Å². The molecular weight excluding hydrogens is 192 g/mol. The normalized spacial score (nSPS) is 30.7. The minimum atomic E-state index is 0.251. The van der Waals surface area contributed by atoms with Gasteiger partial charge >= 0.3 is 0 Å². The second-order valence-electron chi connectivity index (χ2n) is 4.44. The van der Waals surface area contributed by atoms with Crippen molar-refractivity contribution >= 4 is 5.91 Å². The van der Waals surface area contributed by atoms with Crippen LogP contribution in [-0.4, -0.2) is 50.2 Å². The molecular formula is C11H20N2O2. The fourth-order valence-corrected chi connectivity index (χ4v) is 2.60. The first-order valence-corrected chi connectivity index (χ1v) is 5.84. The minimum absolute atomic E-state index is 0.251. The molecule has 0 aromatic carbocycles. The molecule has 0 aromatic heterocycles. The third kappa shape index (κ3) is 2.32. The number of methoxy groups -OCH3 is 1. The van der Waals surface area contributed by atoms with Crippen molar-refractivity contribution < 1.29 is 9.53 Å². The molecule has 2 heterocycles. The Balaban J connectivity index is 1.84. The molecule has 0 spiro atoms. The lowest BCUT2D eigenvalue weighted by Crippen LogP contribution is -2.41. The largest absolute Gasteiger partial charge is 0.385 e. The number of nitrogens with one attached hydrogen (secondary N) is 1. The highest BCUT2D eigenvalue weighted by atomic mass is 16.5. The Morgan fingerprint density at radius 3 is 3.20 bits per heavy atom. The van der Waals surface area contributed by atoms with Crippen LogP contribution < -0.4 is 5.32 Å². The third-order valence-corrected chi connectivity index (χ3v) is 3.41. The number of rotatable bonds is 4. The lowest BCUT2D eigenvalue weighted by atomic mass is 9.94. The van der Waals surface area contributed by atoms with Gasteiger partial charge in [-0.05, 0) is 25.8 Å². The van der Waals surface area contributed by atoms with E-state index in [0.29, 0.717) is 11.9 Å². The van der Waals surface area contributed by atoms with E-state index in [4.69, 9.17) is 4.74 Å². The average molecular weight is 212 g/mol. The minimum Gasteiger partial charge on any atom is -0.385 e. The molecule has 2 rings (SSSR count). The maximum atomic E-state index is 12.0. The molecule has 2 aliphatic heterocycles. The molecule has 2 saturated heterocycles. The van der Waals surface area contributed by atoms with E-state index in [-0.39, 0.29) is 5.92 Å². The lowest BCUT2D eigenvalue weighted by molar-refractivity contribution is -0.131. The fraction of sp³-hybridized carbons (Fsp3) is 0.909. The first kappa shape index (κ1) is 10.9. The molecule has 1 N–H and O–H groups in total. The number of carbonyl (C=O) groups is 1. The maximum Gasteiger partial charge on any atom is 0.227 e. The monoisotopic (exact) mass is 212 g/mol. The molecule has 4 nitrogen and oxygen atoms in total. The maximum absolute atomic E-state index is 12.0. The lowest BCUT2D eigenvalue weighted by Gasteiger charge is -2.23. The molecule has 0 saturated carbocycles. The molecule has 15 heavy (non-hydrogen) atoms. The Labute approximate surface area is 91.0 Å². The molecule has 0 bridgehead atoms. The van der Waals surface area contributed by atoms with Gasteiger partial charge in [0.25, 0.3) is 0 Å². The number of likely N-dealkylation sites (tertiary alicyclic amines) is 1. The van der Waals surface area contributed by atoms with Crippen molar-refractivity contribution in [2.24, 2.45) is 5.92 Å². The van der Waals surface area contributed by atoms with Crippen molar-refractivity contribution in [1.29, 1.82) is 0 Å². The Bertz CT molecular complexity index is 233. The standard InChI is InChI=1S/C11H20N2O2/c1-15-7-3-6-13-8-10-9(11(13)14)4-2-5-12-10/h9-10,12H,2-8H2,1H3. The summed E-state index contributed by atoms with van der Waals surface area (Å²) in [5.41, 5.74) is 0. The second-order valence-corrected chi connectivity index (χ2v) is 4.44. The van der Waals surface area contributed by atoms with Gasteiger partial charge in [0.15, 0.2) is 0 Å². The zero-order chi connectivity index (χ0) is 10.7. The van der Waals surface area contributed by atoms with E-state index < -0.39 is 0 Å². The van der Waals surface area contributed by atoms with Gasteiger partial charge in [-0.3, -0.25) is 4.79 Å². The summed E-state index contributed by atoms with van der Waals surface area (Å²) in [5.74, 6) is 0.601. The predicted molar refractivity (Wildman–Crippen MR) is 57.6 cm³/mol. The summed E-state index contributed by atoms with van der Waals surface area (Å²) in [6.07, 6.45) is 3.15. The summed E-state index contributed by atoms with van der Waals surface area (Å²) >= 11 is 0. The molecule has 0 aliphatic carbocycles. The Kier molecular flexibility index (Phi) is 3.59. The first-order chi connectivity index (χ1) is 7.33. The van der Waals surface area contributed by atoms with E-state index in [0.717, 1.165) is 45.5 Å². The molecule has 2 unspecified atom stereocenters. The van der Waals surface area contributed by atoms with Crippen LogP contribution >= 0.6 is 0 Å².